The van der Waals surface area contributed by atoms with Gasteiger partial charge in [-0.15, -0.1) is 0 Å². The molecule has 0 bridgehead atoms. The number of amides is 1. The van der Waals surface area contributed by atoms with Crippen LogP contribution in [0.25, 0.3) is 0 Å². The molecule has 0 aliphatic heterocycles. The molecule has 0 unspecified atom stereocenters. The Balaban J connectivity index is 1.73. The van der Waals surface area contributed by atoms with Gasteiger partial charge in [0.05, 0.1) is 4.47 Å². The minimum Gasteiger partial charge on any atom is -0.321 e. The number of halogens is 2. The predicted octanol–water partition coefficient (Wildman–Crippen LogP) is 5.23. The summed E-state index contributed by atoms with van der Waals surface area (Å²) in [5, 5.41) is 3.22. The third-order valence-corrected chi connectivity index (χ3v) is 5.05. The zero-order chi connectivity index (χ0) is 18.5. The van der Waals surface area contributed by atoms with Crippen LogP contribution in [0.5, 0.6) is 0 Å². The molecule has 1 heterocycles. The number of rotatable bonds is 5. The van der Waals surface area contributed by atoms with Gasteiger partial charge in [0.25, 0.3) is 5.91 Å². The number of nitrogens with zero attached hydrogens (tertiary/aromatic N) is 2. The van der Waals surface area contributed by atoms with Crippen molar-refractivity contribution >= 4 is 39.3 Å². The summed E-state index contributed by atoms with van der Waals surface area (Å²) in [6.45, 7) is 1.98. The van der Waals surface area contributed by atoms with E-state index in [1.54, 1.807) is 18.2 Å². The zero-order valence-corrected chi connectivity index (χ0v) is 16.3. The largest absolute Gasteiger partial charge is 0.321 e. The molecule has 0 atom stereocenters. The number of aromatic nitrogens is 2. The van der Waals surface area contributed by atoms with Crippen LogP contribution in [0.4, 0.5) is 10.1 Å². The Bertz CT molecular complexity index is 934. The molecule has 0 fully saturated rings. The normalized spacial score (nSPS) is 10.6. The van der Waals surface area contributed by atoms with E-state index in [1.165, 1.54) is 24.0 Å². The van der Waals surface area contributed by atoms with Crippen molar-refractivity contribution in [1.82, 2.24) is 9.97 Å². The van der Waals surface area contributed by atoms with Crippen molar-refractivity contribution < 1.29 is 9.18 Å². The van der Waals surface area contributed by atoms with Crippen molar-refractivity contribution in [3.05, 3.63) is 81.8 Å². The van der Waals surface area contributed by atoms with E-state index in [0.717, 1.165) is 5.56 Å². The Morgan fingerprint density at radius 2 is 1.92 bits per heavy atom. The first kappa shape index (κ1) is 18.5. The first-order valence-electron chi connectivity index (χ1n) is 7.79. The molecule has 0 saturated heterocycles. The summed E-state index contributed by atoms with van der Waals surface area (Å²) in [4.78, 5) is 21.0. The van der Waals surface area contributed by atoms with Gasteiger partial charge in [0.15, 0.2) is 5.16 Å². The average molecular weight is 432 g/mol. The maximum absolute atomic E-state index is 13.7. The highest BCUT2D eigenvalue weighted by Gasteiger charge is 2.15. The smallest absolute Gasteiger partial charge is 0.275 e. The summed E-state index contributed by atoms with van der Waals surface area (Å²) >= 11 is 4.58. The number of hydrogen-bond donors (Lipinski definition) is 1. The van der Waals surface area contributed by atoms with E-state index in [0.29, 0.717) is 26.6 Å². The van der Waals surface area contributed by atoms with Gasteiger partial charge in [-0.25, -0.2) is 14.4 Å². The van der Waals surface area contributed by atoms with E-state index in [2.05, 4.69) is 31.2 Å². The van der Waals surface area contributed by atoms with E-state index < -0.39 is 0 Å². The number of thioether (sulfide) groups is 1. The maximum atomic E-state index is 13.7. The number of nitrogens with one attached hydrogen (secondary N) is 1. The van der Waals surface area contributed by atoms with Crippen molar-refractivity contribution in [3.63, 3.8) is 0 Å². The molecule has 2 aromatic carbocycles. The quantitative estimate of drug-likeness (QED) is 0.443. The lowest BCUT2D eigenvalue weighted by molar-refractivity contribution is 0.102. The van der Waals surface area contributed by atoms with Crippen molar-refractivity contribution in [2.24, 2.45) is 0 Å². The van der Waals surface area contributed by atoms with Gasteiger partial charge in [0, 0.05) is 17.6 Å². The van der Waals surface area contributed by atoms with E-state index in [9.17, 15) is 9.18 Å². The number of benzene rings is 2. The van der Waals surface area contributed by atoms with Gasteiger partial charge in [-0.05, 0) is 46.6 Å². The molecule has 1 N–H and O–H groups in total. The van der Waals surface area contributed by atoms with Crippen molar-refractivity contribution in [1.29, 1.82) is 0 Å². The zero-order valence-electron chi connectivity index (χ0n) is 13.9. The highest BCUT2D eigenvalue weighted by molar-refractivity contribution is 9.10. The lowest BCUT2D eigenvalue weighted by Crippen LogP contribution is -2.15. The summed E-state index contributed by atoms with van der Waals surface area (Å²) in [6, 6.07) is 14.0. The summed E-state index contributed by atoms with van der Waals surface area (Å²) in [6.07, 6.45) is 1.53. The number of carbonyl (C=O) groups excluding carboxylic acids is 1. The Hall–Kier alpha value is -2.25. The second-order valence-corrected chi connectivity index (χ2v) is 7.35. The van der Waals surface area contributed by atoms with E-state index in [1.807, 2.05) is 31.2 Å². The van der Waals surface area contributed by atoms with Crippen LogP contribution >= 0.6 is 27.7 Å². The summed E-state index contributed by atoms with van der Waals surface area (Å²) in [7, 11) is 0. The molecule has 0 saturated carbocycles. The van der Waals surface area contributed by atoms with E-state index in [-0.39, 0.29) is 17.4 Å². The van der Waals surface area contributed by atoms with Crippen LogP contribution in [0.1, 0.15) is 21.6 Å². The van der Waals surface area contributed by atoms with Gasteiger partial charge < -0.3 is 5.32 Å². The fourth-order valence-electron chi connectivity index (χ4n) is 2.16. The van der Waals surface area contributed by atoms with Gasteiger partial charge in [-0.1, -0.05) is 47.7 Å². The molecule has 0 aliphatic rings. The Morgan fingerprint density at radius 3 is 2.65 bits per heavy atom. The molecule has 1 amide bonds. The number of aryl methyl sites for hydroxylation is 1. The van der Waals surface area contributed by atoms with Crippen LogP contribution in [0.3, 0.4) is 0 Å². The minimum atomic E-state index is -0.337. The molecule has 26 heavy (non-hydrogen) atoms. The highest BCUT2D eigenvalue weighted by atomic mass is 79.9. The van der Waals surface area contributed by atoms with Gasteiger partial charge in [-0.2, -0.15) is 0 Å². The van der Waals surface area contributed by atoms with Crippen LogP contribution in [-0.4, -0.2) is 15.9 Å². The molecule has 0 aliphatic carbocycles. The molecular weight excluding hydrogens is 417 g/mol. The van der Waals surface area contributed by atoms with Crippen LogP contribution in [0.15, 0.2) is 64.4 Å². The monoisotopic (exact) mass is 431 g/mol. The molecule has 7 heteroatoms. The van der Waals surface area contributed by atoms with Crippen LogP contribution < -0.4 is 5.32 Å². The lowest BCUT2D eigenvalue weighted by atomic mass is 10.2. The maximum Gasteiger partial charge on any atom is 0.275 e. The average Bonchev–Trinajstić information content (AvgIpc) is 2.64. The Labute approximate surface area is 163 Å². The summed E-state index contributed by atoms with van der Waals surface area (Å²) < 4.78 is 14.2. The number of hydrogen-bond acceptors (Lipinski definition) is 4. The van der Waals surface area contributed by atoms with Crippen molar-refractivity contribution in [2.75, 3.05) is 5.32 Å². The van der Waals surface area contributed by atoms with E-state index in [4.69, 9.17) is 0 Å². The molecule has 3 aromatic rings. The van der Waals surface area contributed by atoms with Crippen molar-refractivity contribution in [2.45, 2.75) is 17.8 Å². The summed E-state index contributed by atoms with van der Waals surface area (Å²) in [5.74, 6) is -0.224. The topological polar surface area (TPSA) is 54.9 Å². The van der Waals surface area contributed by atoms with Gasteiger partial charge >= 0.3 is 0 Å². The SMILES string of the molecule is Cc1ccc(NC(=O)c2nc(SCc3ccccc3F)ncc2Br)cc1. The first-order chi connectivity index (χ1) is 12.5. The Morgan fingerprint density at radius 1 is 1.19 bits per heavy atom. The number of anilines is 1. The molecule has 4 nitrogen and oxygen atoms in total. The molecule has 0 radical (unpaired) electrons. The van der Waals surface area contributed by atoms with E-state index >= 15 is 0 Å². The van der Waals surface area contributed by atoms with Gasteiger partial charge in [0.1, 0.15) is 11.5 Å². The lowest BCUT2D eigenvalue weighted by Gasteiger charge is -2.08. The fraction of sp³-hybridized carbons (Fsp3) is 0.105. The van der Waals surface area contributed by atoms with Crippen LogP contribution in [-0.2, 0) is 5.75 Å². The Kier molecular flexibility index (Phi) is 6.00. The molecule has 3 rings (SSSR count). The second kappa shape index (κ2) is 8.42. The third kappa shape index (κ3) is 4.68. The highest BCUT2D eigenvalue weighted by Crippen LogP contribution is 2.24. The van der Waals surface area contributed by atoms with Crippen molar-refractivity contribution in [3.8, 4) is 0 Å². The second-order valence-electron chi connectivity index (χ2n) is 5.55. The predicted molar refractivity (Wildman–Crippen MR) is 105 cm³/mol. The summed E-state index contributed by atoms with van der Waals surface area (Å²) in [5.41, 5.74) is 2.59. The number of carbonyl (C=O) groups is 1. The standard InChI is InChI=1S/C19H15BrFN3OS/c1-12-6-8-14(9-7-12)23-18(25)17-15(20)10-22-19(24-17)26-11-13-4-2-3-5-16(13)21/h2-10H,11H2,1H3,(H,23,25). The molecule has 0 spiro atoms. The fourth-order valence-corrected chi connectivity index (χ4v) is 3.34. The van der Waals surface area contributed by atoms with Crippen LogP contribution in [0.2, 0.25) is 0 Å². The minimum absolute atomic E-state index is 0.233. The molecule has 1 aromatic heterocycles. The third-order valence-electron chi connectivity index (χ3n) is 3.56. The van der Waals surface area contributed by atoms with Gasteiger partial charge in [-0.3, -0.25) is 4.79 Å². The first-order valence-corrected chi connectivity index (χ1v) is 9.57. The van der Waals surface area contributed by atoms with Gasteiger partial charge in [0.2, 0.25) is 0 Å². The molecular formula is C19H15BrFN3OS. The molecule has 132 valence electrons. The van der Waals surface area contributed by atoms with Crippen LogP contribution in [0, 0.1) is 12.7 Å².